The van der Waals surface area contributed by atoms with Crippen molar-refractivity contribution in [3.63, 3.8) is 0 Å². The number of nitrogens with one attached hydrogen (secondary N) is 1. The molecule has 0 saturated carbocycles. The van der Waals surface area contributed by atoms with E-state index in [2.05, 4.69) is 63.6 Å². The molecular formula is C26H28FN3O. The summed E-state index contributed by atoms with van der Waals surface area (Å²) in [5.41, 5.74) is 3.63. The van der Waals surface area contributed by atoms with Crippen LogP contribution in [0.3, 0.4) is 0 Å². The summed E-state index contributed by atoms with van der Waals surface area (Å²) in [6, 6.07) is 26.1. The molecule has 0 radical (unpaired) electrons. The van der Waals surface area contributed by atoms with Crippen LogP contribution in [0.15, 0.2) is 78.9 Å². The Balaban J connectivity index is 1.37. The molecule has 5 heteroatoms. The van der Waals surface area contributed by atoms with Crippen molar-refractivity contribution >= 4 is 11.6 Å². The monoisotopic (exact) mass is 417 g/mol. The number of carbonyl (C=O) groups is 1. The number of hydrogen-bond donors (Lipinski definition) is 1. The van der Waals surface area contributed by atoms with Crippen LogP contribution in [0.1, 0.15) is 22.7 Å². The summed E-state index contributed by atoms with van der Waals surface area (Å²) in [5, 5.41) is 2.81. The van der Waals surface area contributed by atoms with Gasteiger partial charge >= 0.3 is 0 Å². The maximum absolute atomic E-state index is 13.7. The van der Waals surface area contributed by atoms with E-state index in [-0.39, 0.29) is 17.8 Å². The van der Waals surface area contributed by atoms with Gasteiger partial charge in [-0.1, -0.05) is 66.7 Å². The normalized spacial score (nSPS) is 15.2. The molecule has 1 saturated heterocycles. The van der Waals surface area contributed by atoms with Crippen LogP contribution >= 0.6 is 0 Å². The highest BCUT2D eigenvalue weighted by Crippen LogP contribution is 2.29. The Labute approximate surface area is 183 Å². The molecule has 4 nitrogen and oxygen atoms in total. The van der Waals surface area contributed by atoms with Crippen LogP contribution in [0.5, 0.6) is 0 Å². The lowest BCUT2D eigenvalue weighted by Crippen LogP contribution is -2.49. The first-order valence-electron chi connectivity index (χ1n) is 10.7. The minimum absolute atomic E-state index is 0.112. The van der Waals surface area contributed by atoms with Crippen LogP contribution in [0.4, 0.5) is 10.1 Å². The largest absolute Gasteiger partial charge is 0.325 e. The molecule has 3 aromatic carbocycles. The third kappa shape index (κ3) is 5.37. The Kier molecular flexibility index (Phi) is 6.75. The van der Waals surface area contributed by atoms with Gasteiger partial charge in [-0.05, 0) is 35.7 Å². The van der Waals surface area contributed by atoms with Gasteiger partial charge in [0.05, 0.1) is 12.6 Å². The van der Waals surface area contributed by atoms with E-state index in [4.69, 9.17) is 0 Å². The van der Waals surface area contributed by atoms with Crippen molar-refractivity contribution in [2.24, 2.45) is 0 Å². The minimum atomic E-state index is -0.306. The van der Waals surface area contributed by atoms with Gasteiger partial charge in [-0.2, -0.15) is 0 Å². The fourth-order valence-corrected chi connectivity index (χ4v) is 4.14. The first-order valence-corrected chi connectivity index (χ1v) is 10.7. The maximum atomic E-state index is 13.7. The number of halogens is 1. The number of piperazine rings is 1. The molecule has 4 rings (SSSR count). The smallest absolute Gasteiger partial charge is 0.238 e. The lowest BCUT2D eigenvalue weighted by molar-refractivity contribution is -0.117. The van der Waals surface area contributed by atoms with E-state index in [1.807, 2.05) is 12.1 Å². The van der Waals surface area contributed by atoms with Crippen LogP contribution in [0, 0.1) is 12.7 Å². The topological polar surface area (TPSA) is 35.6 Å². The molecule has 31 heavy (non-hydrogen) atoms. The molecule has 3 aromatic rings. The summed E-state index contributed by atoms with van der Waals surface area (Å²) in [7, 11) is 0. The van der Waals surface area contributed by atoms with Gasteiger partial charge in [-0.3, -0.25) is 14.6 Å². The second-order valence-electron chi connectivity index (χ2n) is 8.05. The summed E-state index contributed by atoms with van der Waals surface area (Å²) >= 11 is 0. The second-order valence-corrected chi connectivity index (χ2v) is 8.05. The molecule has 0 aromatic heterocycles. The fourth-order valence-electron chi connectivity index (χ4n) is 4.14. The summed E-state index contributed by atoms with van der Waals surface area (Å²) < 4.78 is 13.7. The van der Waals surface area contributed by atoms with E-state index >= 15 is 0 Å². The molecule has 0 bridgehead atoms. The van der Waals surface area contributed by atoms with Crippen molar-refractivity contribution in [2.75, 3.05) is 38.0 Å². The number of nitrogens with zero attached hydrogens (tertiary/aromatic N) is 2. The summed E-state index contributed by atoms with van der Waals surface area (Å²) in [6.45, 7) is 5.39. The van der Waals surface area contributed by atoms with Crippen molar-refractivity contribution in [1.82, 2.24) is 9.80 Å². The fraction of sp³-hybridized carbons (Fsp3) is 0.269. The highest BCUT2D eigenvalue weighted by atomic mass is 19.1. The Bertz CT molecular complexity index is 962. The second kappa shape index (κ2) is 9.86. The van der Waals surface area contributed by atoms with E-state index in [0.29, 0.717) is 17.8 Å². The average molecular weight is 418 g/mol. The van der Waals surface area contributed by atoms with Gasteiger partial charge in [0.15, 0.2) is 0 Å². The zero-order valence-electron chi connectivity index (χ0n) is 17.8. The van der Waals surface area contributed by atoms with Gasteiger partial charge in [0, 0.05) is 31.9 Å². The molecule has 1 N–H and O–H groups in total. The number of amides is 1. The van der Waals surface area contributed by atoms with Crippen molar-refractivity contribution in [1.29, 1.82) is 0 Å². The summed E-state index contributed by atoms with van der Waals surface area (Å²) in [6.07, 6.45) is 0. The molecule has 0 aliphatic carbocycles. The van der Waals surface area contributed by atoms with E-state index < -0.39 is 0 Å². The predicted octanol–water partition coefficient (Wildman–Crippen LogP) is 4.48. The summed E-state index contributed by atoms with van der Waals surface area (Å²) in [4.78, 5) is 17.1. The molecule has 1 aliphatic rings. The van der Waals surface area contributed by atoms with Crippen LogP contribution in [-0.4, -0.2) is 48.4 Å². The van der Waals surface area contributed by atoms with Gasteiger partial charge < -0.3 is 5.32 Å². The van der Waals surface area contributed by atoms with Crippen LogP contribution < -0.4 is 5.32 Å². The minimum Gasteiger partial charge on any atom is -0.325 e. The van der Waals surface area contributed by atoms with Crippen molar-refractivity contribution in [3.8, 4) is 0 Å². The zero-order chi connectivity index (χ0) is 21.6. The Morgan fingerprint density at radius 3 is 2.03 bits per heavy atom. The van der Waals surface area contributed by atoms with Crippen LogP contribution in [0.25, 0.3) is 0 Å². The zero-order valence-corrected chi connectivity index (χ0v) is 17.8. The van der Waals surface area contributed by atoms with Crippen LogP contribution in [-0.2, 0) is 4.79 Å². The first kappa shape index (κ1) is 21.2. The third-order valence-corrected chi connectivity index (χ3v) is 5.83. The van der Waals surface area contributed by atoms with E-state index in [1.165, 1.54) is 17.2 Å². The lowest BCUT2D eigenvalue weighted by Gasteiger charge is -2.39. The molecule has 0 spiro atoms. The number of aryl methyl sites for hydroxylation is 1. The van der Waals surface area contributed by atoms with Gasteiger partial charge in [-0.15, -0.1) is 0 Å². The maximum Gasteiger partial charge on any atom is 0.238 e. The average Bonchev–Trinajstić information content (AvgIpc) is 2.79. The Morgan fingerprint density at radius 2 is 1.48 bits per heavy atom. The molecule has 0 atom stereocenters. The highest BCUT2D eigenvalue weighted by molar-refractivity contribution is 5.92. The molecule has 1 amide bonds. The third-order valence-electron chi connectivity index (χ3n) is 5.83. The number of carbonyl (C=O) groups excluding carboxylic acids is 1. The standard InChI is InChI=1S/C26H28FN3O/c1-20-12-13-23(18-24(20)27)28-25(31)19-29-14-16-30(17-15-29)26(21-8-4-2-5-9-21)22-10-6-3-7-11-22/h2-13,18,26H,14-17,19H2,1H3,(H,28,31). The van der Waals surface area contributed by atoms with Crippen molar-refractivity contribution in [3.05, 3.63) is 101 Å². The van der Waals surface area contributed by atoms with Gasteiger partial charge in [-0.25, -0.2) is 4.39 Å². The van der Waals surface area contributed by atoms with Crippen LogP contribution in [0.2, 0.25) is 0 Å². The number of anilines is 1. The Hall–Kier alpha value is -3.02. The molecule has 1 aliphatic heterocycles. The van der Waals surface area contributed by atoms with E-state index in [9.17, 15) is 9.18 Å². The van der Waals surface area contributed by atoms with Gasteiger partial charge in [0.2, 0.25) is 5.91 Å². The van der Waals surface area contributed by atoms with Crippen molar-refractivity contribution in [2.45, 2.75) is 13.0 Å². The van der Waals surface area contributed by atoms with E-state index in [1.54, 1.807) is 19.1 Å². The first-order chi connectivity index (χ1) is 15.1. The summed E-state index contributed by atoms with van der Waals surface area (Å²) in [5.74, 6) is -0.418. The Morgan fingerprint density at radius 1 is 0.903 bits per heavy atom. The predicted molar refractivity (Wildman–Crippen MR) is 123 cm³/mol. The van der Waals surface area contributed by atoms with Gasteiger partial charge in [0.25, 0.3) is 0 Å². The highest BCUT2D eigenvalue weighted by Gasteiger charge is 2.27. The number of benzene rings is 3. The molecule has 1 heterocycles. The molecule has 0 unspecified atom stereocenters. The molecular weight excluding hydrogens is 389 g/mol. The number of hydrogen-bond acceptors (Lipinski definition) is 3. The molecule has 1 fully saturated rings. The van der Waals surface area contributed by atoms with Gasteiger partial charge in [0.1, 0.15) is 5.82 Å². The lowest BCUT2D eigenvalue weighted by atomic mass is 9.96. The van der Waals surface area contributed by atoms with E-state index in [0.717, 1.165) is 26.2 Å². The SMILES string of the molecule is Cc1ccc(NC(=O)CN2CCN(C(c3ccccc3)c3ccccc3)CC2)cc1F. The van der Waals surface area contributed by atoms with Crippen molar-refractivity contribution < 1.29 is 9.18 Å². The molecule has 160 valence electrons. The number of rotatable bonds is 6. The quantitative estimate of drug-likeness (QED) is 0.642.